The number of fused-ring (bicyclic) bond motifs is 3. The van der Waals surface area contributed by atoms with Gasteiger partial charge in [0.15, 0.2) is 5.13 Å². The van der Waals surface area contributed by atoms with Crippen molar-refractivity contribution < 1.29 is 22.7 Å². The number of ether oxygens (including phenoxy) is 1. The van der Waals surface area contributed by atoms with E-state index in [0.29, 0.717) is 28.0 Å². The Kier molecular flexibility index (Phi) is 6.51. The Hall–Kier alpha value is -3.56. The van der Waals surface area contributed by atoms with Crippen LogP contribution < -0.4 is 15.0 Å². The molecule has 200 valence electrons. The molecule has 0 aliphatic carbocycles. The van der Waals surface area contributed by atoms with Crippen molar-refractivity contribution in [3.05, 3.63) is 93.8 Å². The maximum atomic E-state index is 13.6. The minimum atomic E-state index is -5.01. The standard InChI is InChI=1S/C29H23ClF3N3O2S/c1-38-19-10-7-17(8-11-19)25-24-20(21-15-18(30)9-12-22(21)34-24)13-14-36(25)28-35-23(16-5-3-2-4-6-16)26(39-28)27(37)29(31,32)33/h2-12,15,20,24-25,34H,13-14H2,1H3. The number of carbonyl (C=O) groups excluding carboxylic acids is 1. The van der Waals surface area contributed by atoms with Crippen LogP contribution in [0.5, 0.6) is 5.75 Å². The van der Waals surface area contributed by atoms with Crippen LogP contribution in [0.2, 0.25) is 5.02 Å². The Morgan fingerprint density at radius 3 is 2.54 bits per heavy atom. The van der Waals surface area contributed by atoms with Crippen LogP contribution in [-0.2, 0) is 0 Å². The minimum absolute atomic E-state index is 0.0444. The van der Waals surface area contributed by atoms with Gasteiger partial charge < -0.3 is 15.0 Å². The highest BCUT2D eigenvalue weighted by molar-refractivity contribution is 7.18. The first-order valence-electron chi connectivity index (χ1n) is 12.4. The van der Waals surface area contributed by atoms with Crippen molar-refractivity contribution in [2.24, 2.45) is 0 Å². The largest absolute Gasteiger partial charge is 0.497 e. The third-order valence-corrected chi connectivity index (χ3v) is 8.68. The van der Waals surface area contributed by atoms with Gasteiger partial charge in [-0.1, -0.05) is 65.4 Å². The number of hydrogen-bond acceptors (Lipinski definition) is 6. The molecule has 3 atom stereocenters. The zero-order valence-corrected chi connectivity index (χ0v) is 22.3. The van der Waals surface area contributed by atoms with Crippen LogP contribution in [0.4, 0.5) is 24.0 Å². The highest BCUT2D eigenvalue weighted by Crippen LogP contribution is 2.51. The van der Waals surface area contributed by atoms with E-state index in [9.17, 15) is 18.0 Å². The molecule has 1 saturated heterocycles. The van der Waals surface area contributed by atoms with Gasteiger partial charge in [-0.2, -0.15) is 13.2 Å². The van der Waals surface area contributed by atoms with Gasteiger partial charge >= 0.3 is 6.18 Å². The molecule has 2 aliphatic rings. The lowest BCUT2D eigenvalue weighted by atomic mass is 9.81. The highest BCUT2D eigenvalue weighted by Gasteiger charge is 2.47. The van der Waals surface area contributed by atoms with Crippen molar-refractivity contribution in [3.8, 4) is 17.0 Å². The van der Waals surface area contributed by atoms with Crippen molar-refractivity contribution in [1.82, 2.24) is 4.98 Å². The highest BCUT2D eigenvalue weighted by atomic mass is 35.5. The SMILES string of the molecule is COc1ccc(C2C3Nc4ccc(Cl)cc4C3CCN2c2nc(-c3ccccc3)c(C(=O)C(F)(F)F)s2)cc1. The summed E-state index contributed by atoms with van der Waals surface area (Å²) in [6.07, 6.45) is -4.27. The van der Waals surface area contributed by atoms with Crippen molar-refractivity contribution in [3.63, 3.8) is 0 Å². The molecule has 1 aromatic heterocycles. The van der Waals surface area contributed by atoms with Gasteiger partial charge in [0, 0.05) is 28.7 Å². The third kappa shape index (κ3) is 4.63. The van der Waals surface area contributed by atoms with E-state index in [1.165, 1.54) is 0 Å². The summed E-state index contributed by atoms with van der Waals surface area (Å²) in [5, 5.41) is 4.67. The fourth-order valence-corrected chi connectivity index (χ4v) is 6.89. The molecule has 0 amide bonds. The average Bonchev–Trinajstić information content (AvgIpc) is 3.54. The van der Waals surface area contributed by atoms with Crippen LogP contribution in [0.25, 0.3) is 11.3 Å². The molecule has 10 heteroatoms. The van der Waals surface area contributed by atoms with Gasteiger partial charge in [-0.15, -0.1) is 0 Å². The van der Waals surface area contributed by atoms with E-state index in [4.69, 9.17) is 16.3 Å². The number of Topliss-reactive ketones (excluding diaryl/α,β-unsaturated/α-hetero) is 1. The zero-order valence-electron chi connectivity index (χ0n) is 20.7. The lowest BCUT2D eigenvalue weighted by molar-refractivity contribution is -0.0882. The Morgan fingerprint density at radius 2 is 1.85 bits per heavy atom. The predicted molar refractivity (Wildman–Crippen MR) is 147 cm³/mol. The maximum Gasteiger partial charge on any atom is 0.455 e. The lowest BCUT2D eigenvalue weighted by Crippen LogP contribution is -2.46. The molecule has 2 aliphatic heterocycles. The number of alkyl halides is 3. The summed E-state index contributed by atoms with van der Waals surface area (Å²) in [5.41, 5.74) is 3.58. The third-order valence-electron chi connectivity index (χ3n) is 7.36. The number of thiazole rings is 1. The van der Waals surface area contributed by atoms with E-state index in [1.54, 1.807) is 37.4 Å². The fourth-order valence-electron chi connectivity index (χ4n) is 5.60. The monoisotopic (exact) mass is 569 g/mol. The van der Waals surface area contributed by atoms with Gasteiger partial charge in [-0.05, 0) is 47.9 Å². The number of halogens is 4. The molecule has 1 N–H and O–H groups in total. The van der Waals surface area contributed by atoms with Crippen LogP contribution in [0.3, 0.4) is 0 Å². The molecule has 6 rings (SSSR count). The first-order valence-corrected chi connectivity index (χ1v) is 13.6. The van der Waals surface area contributed by atoms with Crippen molar-refractivity contribution in [1.29, 1.82) is 0 Å². The number of rotatable bonds is 5. The summed E-state index contributed by atoms with van der Waals surface area (Å²) in [4.78, 5) is 18.8. The van der Waals surface area contributed by atoms with Crippen LogP contribution in [-0.4, -0.2) is 36.6 Å². The number of piperidine rings is 1. The lowest BCUT2D eigenvalue weighted by Gasteiger charge is -2.43. The molecule has 0 radical (unpaired) electrons. The number of hydrogen-bond donors (Lipinski definition) is 1. The topological polar surface area (TPSA) is 54.5 Å². The number of nitrogens with zero attached hydrogens (tertiary/aromatic N) is 2. The second-order valence-electron chi connectivity index (χ2n) is 9.58. The van der Waals surface area contributed by atoms with Crippen molar-refractivity contribution >= 4 is 39.5 Å². The summed E-state index contributed by atoms with van der Waals surface area (Å²) in [6.45, 7) is 0.535. The predicted octanol–water partition coefficient (Wildman–Crippen LogP) is 7.75. The molecule has 1 fully saturated rings. The Labute approximate surface area is 232 Å². The van der Waals surface area contributed by atoms with Crippen LogP contribution >= 0.6 is 22.9 Å². The van der Waals surface area contributed by atoms with Gasteiger partial charge in [0.25, 0.3) is 5.78 Å². The van der Waals surface area contributed by atoms with Gasteiger partial charge in [0.2, 0.25) is 0 Å². The summed E-state index contributed by atoms with van der Waals surface area (Å²) in [6, 6.07) is 21.6. The normalized spacial score (nSPS) is 20.2. The van der Waals surface area contributed by atoms with E-state index in [0.717, 1.165) is 34.6 Å². The van der Waals surface area contributed by atoms with Crippen LogP contribution in [0.1, 0.15) is 39.2 Å². The van der Waals surface area contributed by atoms with Gasteiger partial charge in [0.05, 0.1) is 24.9 Å². The zero-order chi connectivity index (χ0) is 27.3. The first-order chi connectivity index (χ1) is 18.7. The van der Waals surface area contributed by atoms with E-state index in [1.807, 2.05) is 47.4 Å². The average molecular weight is 570 g/mol. The van der Waals surface area contributed by atoms with Gasteiger partial charge in [-0.25, -0.2) is 4.98 Å². The van der Waals surface area contributed by atoms with E-state index in [2.05, 4.69) is 10.3 Å². The van der Waals surface area contributed by atoms with Crippen molar-refractivity contribution in [2.75, 3.05) is 23.9 Å². The van der Waals surface area contributed by atoms with Gasteiger partial charge in [-0.3, -0.25) is 4.79 Å². The Bertz CT molecular complexity index is 1530. The second-order valence-corrected chi connectivity index (χ2v) is 11.0. The number of nitrogens with one attached hydrogen (secondary N) is 1. The molecular weight excluding hydrogens is 547 g/mol. The minimum Gasteiger partial charge on any atom is -0.497 e. The number of carbonyl (C=O) groups is 1. The maximum absolute atomic E-state index is 13.6. The first kappa shape index (κ1) is 25.7. The van der Waals surface area contributed by atoms with Crippen molar-refractivity contribution in [2.45, 2.75) is 30.6 Å². The Morgan fingerprint density at radius 1 is 1.10 bits per heavy atom. The number of anilines is 2. The fraction of sp³-hybridized carbons (Fsp3) is 0.241. The molecule has 5 nitrogen and oxygen atoms in total. The Balaban J connectivity index is 1.47. The molecule has 3 heterocycles. The second kappa shape index (κ2) is 9.88. The van der Waals surface area contributed by atoms with Gasteiger partial charge in [0.1, 0.15) is 10.6 Å². The van der Waals surface area contributed by atoms with E-state index >= 15 is 0 Å². The molecule has 0 spiro atoms. The molecular formula is C29H23ClF3N3O2S. The van der Waals surface area contributed by atoms with E-state index < -0.39 is 16.8 Å². The summed E-state index contributed by atoms with van der Waals surface area (Å²) >= 11 is 7.12. The molecule has 0 bridgehead atoms. The summed E-state index contributed by atoms with van der Waals surface area (Å²) < 4.78 is 46.3. The summed E-state index contributed by atoms with van der Waals surface area (Å²) in [5.74, 6) is -1.04. The number of methoxy groups -OCH3 is 1. The van der Waals surface area contributed by atoms with E-state index in [-0.39, 0.29) is 23.7 Å². The molecule has 4 aromatic rings. The van der Waals surface area contributed by atoms with Crippen LogP contribution in [0.15, 0.2) is 72.8 Å². The van der Waals surface area contributed by atoms with Crippen LogP contribution in [0, 0.1) is 0 Å². The number of ketones is 1. The number of benzene rings is 3. The quantitative estimate of drug-likeness (QED) is 0.249. The molecule has 39 heavy (non-hydrogen) atoms. The summed E-state index contributed by atoms with van der Waals surface area (Å²) in [7, 11) is 1.59. The number of aromatic nitrogens is 1. The molecule has 3 unspecified atom stereocenters. The molecule has 0 saturated carbocycles. The molecule has 3 aromatic carbocycles. The smallest absolute Gasteiger partial charge is 0.455 e.